The Morgan fingerprint density at radius 1 is 0.857 bits per heavy atom. The number of nitrogens with zero attached hydrogens (tertiary/aromatic N) is 1. The third-order valence-corrected chi connectivity index (χ3v) is 6.75. The van der Waals surface area contributed by atoms with Gasteiger partial charge in [-0.15, -0.1) is 11.8 Å². The van der Waals surface area contributed by atoms with Crippen molar-refractivity contribution in [3.05, 3.63) is 130 Å². The molecule has 4 aromatic carbocycles. The molecule has 11 heteroatoms. The highest BCUT2D eigenvalue weighted by Crippen LogP contribution is 2.23. The van der Waals surface area contributed by atoms with Gasteiger partial charge in [0.1, 0.15) is 11.4 Å². The number of carbonyl (C=O) groups is 3. The van der Waals surface area contributed by atoms with Crippen LogP contribution in [0.2, 0.25) is 0 Å². The lowest BCUT2D eigenvalue weighted by Gasteiger charge is -2.12. The molecule has 42 heavy (non-hydrogen) atoms. The summed E-state index contributed by atoms with van der Waals surface area (Å²) in [6.45, 7) is 0. The van der Waals surface area contributed by atoms with Crippen LogP contribution in [-0.4, -0.2) is 35.5 Å². The van der Waals surface area contributed by atoms with Crippen LogP contribution in [-0.2, 0) is 9.59 Å². The van der Waals surface area contributed by atoms with Gasteiger partial charge >= 0.3 is 0 Å². The van der Waals surface area contributed by atoms with E-state index < -0.39 is 16.7 Å². The van der Waals surface area contributed by atoms with Crippen molar-refractivity contribution in [3.63, 3.8) is 0 Å². The predicted octanol–water partition coefficient (Wildman–Crippen LogP) is 5.74. The average Bonchev–Trinajstić information content (AvgIpc) is 3.00. The minimum atomic E-state index is -0.542. The molecule has 0 bridgehead atoms. The summed E-state index contributed by atoms with van der Waals surface area (Å²) in [5.74, 6) is -0.609. The Morgan fingerprint density at radius 2 is 1.60 bits per heavy atom. The first-order valence-corrected chi connectivity index (χ1v) is 13.6. The summed E-state index contributed by atoms with van der Waals surface area (Å²) in [4.78, 5) is 49.6. The maximum atomic E-state index is 13.3. The van der Waals surface area contributed by atoms with Crippen molar-refractivity contribution in [2.24, 2.45) is 0 Å². The van der Waals surface area contributed by atoms with E-state index >= 15 is 0 Å². The van der Waals surface area contributed by atoms with Crippen LogP contribution in [0.1, 0.15) is 15.9 Å². The molecule has 0 aliphatic rings. The summed E-state index contributed by atoms with van der Waals surface area (Å²) in [6, 6.07) is 28.1. The molecule has 0 saturated carbocycles. The number of amides is 3. The van der Waals surface area contributed by atoms with Crippen molar-refractivity contribution < 1.29 is 24.0 Å². The number of rotatable bonds is 11. The zero-order chi connectivity index (χ0) is 29.9. The first-order valence-electron chi connectivity index (χ1n) is 12.6. The molecule has 0 aliphatic carbocycles. The molecule has 4 rings (SSSR count). The van der Waals surface area contributed by atoms with Crippen LogP contribution < -0.4 is 20.7 Å². The molecule has 0 aromatic heterocycles. The molecule has 10 nitrogen and oxygen atoms in total. The number of ether oxygens (including phenoxy) is 1. The highest BCUT2D eigenvalue weighted by atomic mass is 32.2. The van der Waals surface area contributed by atoms with Gasteiger partial charge in [-0.05, 0) is 66.2 Å². The zero-order valence-electron chi connectivity index (χ0n) is 22.4. The van der Waals surface area contributed by atoms with Crippen LogP contribution in [0.15, 0.2) is 114 Å². The molecular weight excluding hydrogens is 556 g/mol. The smallest absolute Gasteiger partial charge is 0.272 e. The quantitative estimate of drug-likeness (QED) is 0.0886. The van der Waals surface area contributed by atoms with Gasteiger partial charge in [0.15, 0.2) is 0 Å². The largest absolute Gasteiger partial charge is 0.497 e. The maximum absolute atomic E-state index is 13.3. The van der Waals surface area contributed by atoms with Crippen LogP contribution in [0.25, 0.3) is 6.08 Å². The third-order valence-electron chi connectivity index (χ3n) is 5.76. The van der Waals surface area contributed by atoms with Crippen molar-refractivity contribution in [1.29, 1.82) is 0 Å². The highest BCUT2D eigenvalue weighted by molar-refractivity contribution is 8.00. The van der Waals surface area contributed by atoms with Gasteiger partial charge in [-0.25, -0.2) is 0 Å². The van der Waals surface area contributed by atoms with Gasteiger partial charge in [0, 0.05) is 34.0 Å². The second-order valence-corrected chi connectivity index (χ2v) is 9.83. The van der Waals surface area contributed by atoms with E-state index in [0.717, 1.165) is 4.90 Å². The number of hydrogen-bond donors (Lipinski definition) is 3. The Labute approximate surface area is 245 Å². The summed E-state index contributed by atoms with van der Waals surface area (Å²) in [5.41, 5.74) is 1.91. The number of benzene rings is 4. The number of thioether (sulfide) groups is 1. The van der Waals surface area contributed by atoms with E-state index in [4.69, 9.17) is 4.74 Å². The Kier molecular flexibility index (Phi) is 10.1. The number of anilines is 2. The lowest BCUT2D eigenvalue weighted by molar-refractivity contribution is -0.384. The van der Waals surface area contributed by atoms with Gasteiger partial charge in [0.25, 0.3) is 17.5 Å². The fraction of sp³-hybridized carbons (Fsp3) is 0.0645. The van der Waals surface area contributed by atoms with Crippen LogP contribution >= 0.6 is 11.8 Å². The van der Waals surface area contributed by atoms with E-state index in [1.165, 1.54) is 43.1 Å². The van der Waals surface area contributed by atoms with Gasteiger partial charge in [0.2, 0.25) is 5.91 Å². The summed E-state index contributed by atoms with van der Waals surface area (Å²) >= 11 is 1.25. The minimum Gasteiger partial charge on any atom is -0.497 e. The molecule has 3 amide bonds. The fourth-order valence-electron chi connectivity index (χ4n) is 3.71. The van der Waals surface area contributed by atoms with Gasteiger partial charge < -0.3 is 20.7 Å². The summed E-state index contributed by atoms with van der Waals surface area (Å²) in [5, 5.41) is 19.0. The van der Waals surface area contributed by atoms with E-state index in [1.807, 2.05) is 0 Å². The standard InChI is InChI=1S/C31H26N4O6S/c1-41-26-11-5-7-21(17-26)18-28(34-30(37)22-8-3-2-4-9-22)31(38)33-24-10-6-12-27(19-24)42-20-29(36)32-23-13-15-25(16-14-23)35(39)40/h2-19H,20H2,1H3,(H,32,36)(H,33,38)(H,34,37)/b28-18-. The van der Waals surface area contributed by atoms with E-state index in [1.54, 1.807) is 84.9 Å². The minimum absolute atomic E-state index is 0.0256. The number of nitro groups is 1. The van der Waals surface area contributed by atoms with Crippen molar-refractivity contribution in [1.82, 2.24) is 5.32 Å². The number of nitro benzene ring substituents is 1. The number of non-ortho nitro benzene ring substituents is 1. The van der Waals surface area contributed by atoms with E-state index in [9.17, 15) is 24.5 Å². The normalized spacial score (nSPS) is 10.8. The van der Waals surface area contributed by atoms with Gasteiger partial charge in [-0.2, -0.15) is 0 Å². The lowest BCUT2D eigenvalue weighted by atomic mass is 10.1. The molecule has 212 valence electrons. The first-order chi connectivity index (χ1) is 20.3. The molecule has 0 fully saturated rings. The molecule has 3 N–H and O–H groups in total. The molecule has 0 heterocycles. The number of nitrogens with one attached hydrogen (secondary N) is 3. The number of hydrogen-bond acceptors (Lipinski definition) is 7. The number of carbonyl (C=O) groups excluding carboxylic acids is 3. The highest BCUT2D eigenvalue weighted by Gasteiger charge is 2.16. The summed E-state index contributed by atoms with van der Waals surface area (Å²) in [7, 11) is 1.54. The SMILES string of the molecule is COc1cccc(/C=C(\NC(=O)c2ccccc2)C(=O)Nc2cccc(SCC(=O)Nc3ccc([N+](=O)[O-])cc3)c2)c1. The van der Waals surface area contributed by atoms with E-state index in [-0.39, 0.29) is 23.0 Å². The molecule has 0 radical (unpaired) electrons. The van der Waals surface area contributed by atoms with Crippen molar-refractivity contribution in [2.75, 3.05) is 23.5 Å². The van der Waals surface area contributed by atoms with Crippen LogP contribution in [0.5, 0.6) is 5.75 Å². The molecule has 0 unspecified atom stereocenters. The van der Waals surface area contributed by atoms with Crippen molar-refractivity contribution in [2.45, 2.75) is 4.90 Å². The van der Waals surface area contributed by atoms with Crippen LogP contribution in [0.4, 0.5) is 17.1 Å². The Morgan fingerprint density at radius 3 is 2.31 bits per heavy atom. The molecule has 0 aliphatic heterocycles. The Balaban J connectivity index is 1.44. The Hall–Kier alpha value is -5.42. The second kappa shape index (κ2) is 14.3. The monoisotopic (exact) mass is 582 g/mol. The Bertz CT molecular complexity index is 1620. The van der Waals surface area contributed by atoms with E-state index in [2.05, 4.69) is 16.0 Å². The molecule has 0 atom stereocenters. The fourth-order valence-corrected chi connectivity index (χ4v) is 4.47. The van der Waals surface area contributed by atoms with Crippen molar-refractivity contribution >= 4 is 52.6 Å². The summed E-state index contributed by atoms with van der Waals surface area (Å²) < 4.78 is 5.27. The second-order valence-electron chi connectivity index (χ2n) is 8.78. The molecule has 4 aromatic rings. The zero-order valence-corrected chi connectivity index (χ0v) is 23.2. The average molecular weight is 583 g/mol. The van der Waals surface area contributed by atoms with Gasteiger partial charge in [-0.1, -0.05) is 36.4 Å². The lowest BCUT2D eigenvalue weighted by Crippen LogP contribution is -2.30. The molecular formula is C31H26N4O6S. The van der Waals surface area contributed by atoms with Crippen molar-refractivity contribution in [3.8, 4) is 5.75 Å². The first kappa shape index (κ1) is 29.6. The maximum Gasteiger partial charge on any atom is 0.272 e. The molecule has 0 saturated heterocycles. The topological polar surface area (TPSA) is 140 Å². The van der Waals surface area contributed by atoms with Gasteiger partial charge in [-0.3, -0.25) is 24.5 Å². The van der Waals surface area contributed by atoms with E-state index in [0.29, 0.717) is 28.3 Å². The molecule has 0 spiro atoms. The third kappa shape index (κ3) is 8.54. The summed E-state index contributed by atoms with van der Waals surface area (Å²) in [6.07, 6.45) is 1.56. The van der Waals surface area contributed by atoms with Crippen LogP contribution in [0, 0.1) is 10.1 Å². The van der Waals surface area contributed by atoms with Crippen LogP contribution in [0.3, 0.4) is 0 Å². The number of methoxy groups -OCH3 is 1. The van der Waals surface area contributed by atoms with Gasteiger partial charge in [0.05, 0.1) is 17.8 Å². The predicted molar refractivity (Wildman–Crippen MR) is 162 cm³/mol.